The summed E-state index contributed by atoms with van der Waals surface area (Å²) in [5.74, 6) is 0. The fourth-order valence-electron chi connectivity index (χ4n) is 3.03. The summed E-state index contributed by atoms with van der Waals surface area (Å²) >= 11 is 5.91. The summed E-state index contributed by atoms with van der Waals surface area (Å²) in [5, 5.41) is 1.02. The van der Waals surface area contributed by atoms with Gasteiger partial charge in [-0.05, 0) is 37.6 Å². The summed E-state index contributed by atoms with van der Waals surface area (Å²) in [6.07, 6.45) is 1.66. The summed E-state index contributed by atoms with van der Waals surface area (Å²) in [6, 6.07) is 4.94. The first-order valence-corrected chi connectivity index (χ1v) is 7.64. The quantitative estimate of drug-likeness (QED) is 0.923. The Hall–Kier alpha value is -1.59. The minimum absolute atomic E-state index is 0.0240. The highest BCUT2D eigenvalue weighted by Gasteiger charge is 2.23. The van der Waals surface area contributed by atoms with Crippen LogP contribution in [-0.4, -0.2) is 34.1 Å². The van der Waals surface area contributed by atoms with Crippen molar-refractivity contribution in [2.24, 2.45) is 0 Å². The maximum atomic E-state index is 12.6. The lowest BCUT2D eigenvalue weighted by molar-refractivity contribution is 0.190. The molecule has 21 heavy (non-hydrogen) atoms. The van der Waals surface area contributed by atoms with Crippen molar-refractivity contribution in [3.8, 4) is 0 Å². The second kappa shape index (κ2) is 5.66. The Morgan fingerprint density at radius 3 is 2.67 bits per heavy atom. The van der Waals surface area contributed by atoms with E-state index in [0.717, 1.165) is 32.5 Å². The molecule has 0 amide bonds. The Kier molecular flexibility index (Phi) is 3.87. The Labute approximate surface area is 127 Å². The van der Waals surface area contributed by atoms with Crippen LogP contribution in [0.1, 0.15) is 25.8 Å². The monoisotopic (exact) mass is 307 g/mol. The van der Waals surface area contributed by atoms with E-state index >= 15 is 0 Å². The summed E-state index contributed by atoms with van der Waals surface area (Å²) < 4.78 is 1.38. The number of benzene rings is 1. The van der Waals surface area contributed by atoms with Gasteiger partial charge in [-0.1, -0.05) is 18.5 Å². The van der Waals surface area contributed by atoms with Crippen molar-refractivity contribution in [2.45, 2.75) is 25.8 Å². The number of piperidine rings is 1. The van der Waals surface area contributed by atoms with Gasteiger partial charge in [-0.15, -0.1) is 0 Å². The zero-order valence-electron chi connectivity index (χ0n) is 11.9. The van der Waals surface area contributed by atoms with Crippen LogP contribution >= 0.6 is 11.6 Å². The number of halogens is 1. The molecule has 2 aromatic rings. The zero-order chi connectivity index (χ0) is 15.0. The Morgan fingerprint density at radius 1 is 1.29 bits per heavy atom. The molecule has 3 rings (SSSR count). The number of hydrogen-bond donors (Lipinski definition) is 1. The molecule has 1 N–H and O–H groups in total. The second-order valence-electron chi connectivity index (χ2n) is 5.46. The zero-order valence-corrected chi connectivity index (χ0v) is 12.7. The van der Waals surface area contributed by atoms with Crippen molar-refractivity contribution in [2.75, 3.05) is 19.6 Å². The van der Waals surface area contributed by atoms with Gasteiger partial charge in [-0.2, -0.15) is 0 Å². The number of rotatable bonds is 2. The van der Waals surface area contributed by atoms with Crippen molar-refractivity contribution in [1.82, 2.24) is 14.5 Å². The van der Waals surface area contributed by atoms with Gasteiger partial charge < -0.3 is 9.88 Å². The number of aromatic amines is 1. The molecule has 1 aromatic carbocycles. The van der Waals surface area contributed by atoms with Crippen molar-refractivity contribution in [3.05, 3.63) is 44.1 Å². The van der Waals surface area contributed by atoms with Crippen LogP contribution in [0, 0.1) is 0 Å². The molecular formula is C15H18ClN3O2. The van der Waals surface area contributed by atoms with Crippen molar-refractivity contribution in [1.29, 1.82) is 0 Å². The van der Waals surface area contributed by atoms with E-state index in [4.69, 9.17) is 11.6 Å². The Bertz CT molecular complexity index is 773. The van der Waals surface area contributed by atoms with Gasteiger partial charge in [0.2, 0.25) is 0 Å². The molecular weight excluding hydrogens is 290 g/mol. The van der Waals surface area contributed by atoms with Crippen molar-refractivity contribution < 1.29 is 0 Å². The summed E-state index contributed by atoms with van der Waals surface area (Å²) in [7, 11) is 0. The second-order valence-corrected chi connectivity index (χ2v) is 5.90. The van der Waals surface area contributed by atoms with Crippen LogP contribution in [0.15, 0.2) is 27.8 Å². The van der Waals surface area contributed by atoms with Gasteiger partial charge in [0.05, 0.1) is 10.9 Å². The maximum Gasteiger partial charge on any atom is 0.329 e. The molecule has 0 saturated carbocycles. The molecule has 5 nitrogen and oxygen atoms in total. The van der Waals surface area contributed by atoms with Crippen LogP contribution in [0.3, 0.4) is 0 Å². The third-order valence-electron chi connectivity index (χ3n) is 4.26. The number of H-pyrrole nitrogens is 1. The maximum absolute atomic E-state index is 12.6. The number of fused-ring (bicyclic) bond motifs is 1. The normalized spacial score (nSPS) is 17.4. The average molecular weight is 308 g/mol. The highest BCUT2D eigenvalue weighted by Crippen LogP contribution is 2.20. The number of aromatic nitrogens is 2. The van der Waals surface area contributed by atoms with E-state index in [1.807, 2.05) is 0 Å². The van der Waals surface area contributed by atoms with E-state index in [0.29, 0.717) is 15.9 Å². The number of hydrogen-bond acceptors (Lipinski definition) is 3. The lowest BCUT2D eigenvalue weighted by Crippen LogP contribution is -2.43. The molecule has 112 valence electrons. The standard InChI is InChI=1S/C15H18ClN3O2/c1-2-18-7-5-11(6-8-18)19-14(20)12-4-3-10(16)9-13(12)17-15(19)21/h3-4,9,11H,2,5-8H2,1H3,(H,17,21). The van der Waals surface area contributed by atoms with Crippen LogP contribution < -0.4 is 11.2 Å². The molecule has 0 atom stereocenters. The highest BCUT2D eigenvalue weighted by atomic mass is 35.5. The SMILES string of the molecule is CCN1CCC(n2c(=O)[nH]c3cc(Cl)ccc3c2=O)CC1. The van der Waals surface area contributed by atoms with E-state index in [1.54, 1.807) is 18.2 Å². The Balaban J connectivity index is 2.05. The van der Waals surface area contributed by atoms with Gasteiger partial charge in [0.25, 0.3) is 5.56 Å². The van der Waals surface area contributed by atoms with Crippen LogP contribution in [0.2, 0.25) is 5.02 Å². The van der Waals surface area contributed by atoms with Crippen LogP contribution in [0.4, 0.5) is 0 Å². The molecule has 0 unspecified atom stereocenters. The topological polar surface area (TPSA) is 58.1 Å². The lowest BCUT2D eigenvalue weighted by atomic mass is 10.0. The van der Waals surface area contributed by atoms with E-state index < -0.39 is 0 Å². The molecule has 0 spiro atoms. The predicted octanol–water partition coefficient (Wildman–Crippen LogP) is 2.00. The average Bonchev–Trinajstić information content (AvgIpc) is 2.47. The first kappa shape index (κ1) is 14.4. The van der Waals surface area contributed by atoms with Crippen LogP contribution in [-0.2, 0) is 0 Å². The summed E-state index contributed by atoms with van der Waals surface area (Å²) in [6.45, 7) is 4.98. The smallest absolute Gasteiger partial charge is 0.307 e. The third kappa shape index (κ3) is 2.63. The van der Waals surface area contributed by atoms with E-state index in [-0.39, 0.29) is 17.3 Å². The fraction of sp³-hybridized carbons (Fsp3) is 0.467. The first-order chi connectivity index (χ1) is 10.1. The lowest BCUT2D eigenvalue weighted by Gasteiger charge is -2.31. The molecule has 2 heterocycles. The Morgan fingerprint density at radius 2 is 2.00 bits per heavy atom. The number of likely N-dealkylation sites (tertiary alicyclic amines) is 1. The molecule has 1 fully saturated rings. The molecule has 1 aliphatic rings. The van der Waals surface area contributed by atoms with Crippen LogP contribution in [0.25, 0.3) is 10.9 Å². The highest BCUT2D eigenvalue weighted by molar-refractivity contribution is 6.31. The summed E-state index contributed by atoms with van der Waals surface area (Å²) in [4.78, 5) is 30.0. The van der Waals surface area contributed by atoms with E-state index in [2.05, 4.69) is 16.8 Å². The van der Waals surface area contributed by atoms with Crippen molar-refractivity contribution in [3.63, 3.8) is 0 Å². The molecule has 0 aliphatic carbocycles. The van der Waals surface area contributed by atoms with Gasteiger partial charge in [0.1, 0.15) is 0 Å². The number of nitrogens with one attached hydrogen (secondary N) is 1. The first-order valence-electron chi connectivity index (χ1n) is 7.26. The van der Waals surface area contributed by atoms with Gasteiger partial charge in [-0.3, -0.25) is 9.36 Å². The van der Waals surface area contributed by atoms with Crippen molar-refractivity contribution >= 4 is 22.5 Å². The largest absolute Gasteiger partial charge is 0.329 e. The van der Waals surface area contributed by atoms with Gasteiger partial charge in [0, 0.05) is 24.2 Å². The fourth-order valence-corrected chi connectivity index (χ4v) is 3.20. The molecule has 0 bridgehead atoms. The predicted molar refractivity (Wildman–Crippen MR) is 84.2 cm³/mol. The van der Waals surface area contributed by atoms with Gasteiger partial charge in [0.15, 0.2) is 0 Å². The van der Waals surface area contributed by atoms with E-state index in [1.165, 1.54) is 4.57 Å². The molecule has 1 aromatic heterocycles. The molecule has 1 saturated heterocycles. The van der Waals surface area contributed by atoms with E-state index in [9.17, 15) is 9.59 Å². The van der Waals surface area contributed by atoms with Gasteiger partial charge in [-0.25, -0.2) is 4.79 Å². The molecule has 6 heteroatoms. The molecule has 0 radical (unpaired) electrons. The number of nitrogens with zero attached hydrogens (tertiary/aromatic N) is 2. The molecule has 1 aliphatic heterocycles. The minimum Gasteiger partial charge on any atom is -0.307 e. The third-order valence-corrected chi connectivity index (χ3v) is 4.50. The minimum atomic E-state index is -0.343. The summed E-state index contributed by atoms with van der Waals surface area (Å²) in [5.41, 5.74) is -0.0650. The van der Waals surface area contributed by atoms with Gasteiger partial charge >= 0.3 is 5.69 Å². The van der Waals surface area contributed by atoms with Crippen LogP contribution in [0.5, 0.6) is 0 Å².